The Morgan fingerprint density at radius 1 is 1.63 bits per heavy atom. The van der Waals surface area contributed by atoms with Crippen LogP contribution in [0.25, 0.3) is 0 Å². The van der Waals surface area contributed by atoms with Crippen LogP contribution in [-0.4, -0.2) is 30.0 Å². The summed E-state index contributed by atoms with van der Waals surface area (Å²) >= 11 is 0. The molecule has 1 amide bonds. The van der Waals surface area contributed by atoms with Crippen LogP contribution in [0.3, 0.4) is 0 Å². The number of nitrogens with zero attached hydrogens (tertiary/aromatic N) is 1. The number of aromatic nitrogens is 1. The van der Waals surface area contributed by atoms with Crippen molar-refractivity contribution in [2.75, 3.05) is 18.4 Å². The maximum Gasteiger partial charge on any atom is 0.248 e. The first-order valence-electron chi connectivity index (χ1n) is 6.72. The van der Waals surface area contributed by atoms with E-state index in [4.69, 9.17) is 5.73 Å². The Labute approximate surface area is 114 Å². The number of amides is 1. The lowest BCUT2D eigenvalue weighted by Crippen LogP contribution is -2.50. The third-order valence-corrected chi connectivity index (χ3v) is 3.86. The van der Waals surface area contributed by atoms with E-state index in [9.17, 15) is 4.79 Å². The summed E-state index contributed by atoms with van der Waals surface area (Å²) < 4.78 is 0. The zero-order valence-corrected chi connectivity index (χ0v) is 11.6. The molecule has 2 rings (SSSR count). The van der Waals surface area contributed by atoms with Crippen molar-refractivity contribution in [2.24, 2.45) is 11.1 Å². The molecule has 0 aromatic carbocycles. The van der Waals surface area contributed by atoms with Gasteiger partial charge in [-0.05, 0) is 36.9 Å². The van der Waals surface area contributed by atoms with Gasteiger partial charge in [-0.15, -0.1) is 0 Å². The molecule has 1 aliphatic rings. The Bertz CT molecular complexity index is 459. The van der Waals surface area contributed by atoms with E-state index in [1.54, 1.807) is 18.3 Å². The Morgan fingerprint density at radius 2 is 2.42 bits per heavy atom. The van der Waals surface area contributed by atoms with E-state index in [0.717, 1.165) is 13.1 Å². The maximum absolute atomic E-state index is 11.1. The highest BCUT2D eigenvalue weighted by Gasteiger charge is 2.31. The molecule has 0 bridgehead atoms. The minimum Gasteiger partial charge on any atom is -0.368 e. The van der Waals surface area contributed by atoms with Gasteiger partial charge in [0.1, 0.15) is 5.82 Å². The molecule has 1 aromatic heterocycles. The Kier molecular flexibility index (Phi) is 4.04. The molecule has 5 heteroatoms. The molecule has 5 nitrogen and oxygen atoms in total. The van der Waals surface area contributed by atoms with Gasteiger partial charge in [0.05, 0.1) is 0 Å². The van der Waals surface area contributed by atoms with Crippen LogP contribution in [0.15, 0.2) is 18.3 Å². The third-order valence-electron chi connectivity index (χ3n) is 3.86. The molecular formula is C14H22N4O. The minimum atomic E-state index is -0.429. The van der Waals surface area contributed by atoms with Crippen LogP contribution in [0.1, 0.15) is 37.0 Å². The second-order valence-corrected chi connectivity index (χ2v) is 5.77. The van der Waals surface area contributed by atoms with Crippen LogP contribution in [0, 0.1) is 5.41 Å². The van der Waals surface area contributed by atoms with E-state index in [-0.39, 0.29) is 5.41 Å². The van der Waals surface area contributed by atoms with Crippen LogP contribution < -0.4 is 16.4 Å². The zero-order valence-electron chi connectivity index (χ0n) is 11.6. The normalized spacial score (nSPS) is 21.9. The molecule has 1 aliphatic heterocycles. The lowest BCUT2D eigenvalue weighted by Gasteiger charge is -2.39. The van der Waals surface area contributed by atoms with Crippen molar-refractivity contribution >= 4 is 11.7 Å². The minimum absolute atomic E-state index is 0.270. The molecule has 104 valence electrons. The van der Waals surface area contributed by atoms with Gasteiger partial charge in [0.15, 0.2) is 0 Å². The van der Waals surface area contributed by atoms with Crippen LogP contribution in [-0.2, 0) is 0 Å². The fraction of sp³-hybridized carbons (Fsp3) is 0.571. The summed E-state index contributed by atoms with van der Waals surface area (Å²) in [5.74, 6) is 0.265. The van der Waals surface area contributed by atoms with Crippen LogP contribution >= 0.6 is 0 Å². The predicted molar refractivity (Wildman–Crippen MR) is 76.1 cm³/mol. The van der Waals surface area contributed by atoms with E-state index in [0.29, 0.717) is 17.4 Å². The highest BCUT2D eigenvalue weighted by molar-refractivity contribution is 5.93. The number of nitrogens with two attached hydrogens (primary N) is 1. The first kappa shape index (κ1) is 13.8. The largest absolute Gasteiger partial charge is 0.368 e. The van der Waals surface area contributed by atoms with Gasteiger partial charge in [-0.2, -0.15) is 0 Å². The van der Waals surface area contributed by atoms with Crippen molar-refractivity contribution in [2.45, 2.75) is 32.7 Å². The first-order chi connectivity index (χ1) is 8.99. The van der Waals surface area contributed by atoms with Crippen molar-refractivity contribution in [3.8, 4) is 0 Å². The smallest absolute Gasteiger partial charge is 0.248 e. The van der Waals surface area contributed by atoms with Gasteiger partial charge in [0.25, 0.3) is 0 Å². The highest BCUT2D eigenvalue weighted by Crippen LogP contribution is 2.30. The highest BCUT2D eigenvalue weighted by atomic mass is 16.1. The van der Waals surface area contributed by atoms with Crippen molar-refractivity contribution in [1.29, 1.82) is 0 Å². The molecule has 0 aliphatic carbocycles. The van der Waals surface area contributed by atoms with Crippen LogP contribution in [0.5, 0.6) is 0 Å². The van der Waals surface area contributed by atoms with Gasteiger partial charge in [-0.1, -0.05) is 13.8 Å². The lowest BCUT2D eigenvalue weighted by atomic mass is 9.77. The quantitative estimate of drug-likeness (QED) is 0.765. The second kappa shape index (κ2) is 5.57. The summed E-state index contributed by atoms with van der Waals surface area (Å²) in [7, 11) is 0. The van der Waals surface area contributed by atoms with Gasteiger partial charge >= 0.3 is 0 Å². The SMILES string of the molecule is CC1(C)CCCNC1CNc1cc(C(N)=O)ccn1. The number of piperidine rings is 1. The number of pyridine rings is 1. The average molecular weight is 262 g/mol. The van der Waals surface area contributed by atoms with E-state index in [1.165, 1.54) is 12.8 Å². The number of primary amides is 1. The molecule has 1 aromatic rings. The molecular weight excluding hydrogens is 240 g/mol. The summed E-state index contributed by atoms with van der Waals surface area (Å²) in [6, 6.07) is 3.72. The van der Waals surface area contributed by atoms with Crippen molar-refractivity contribution in [3.63, 3.8) is 0 Å². The molecule has 1 unspecified atom stereocenters. The van der Waals surface area contributed by atoms with Crippen molar-refractivity contribution in [1.82, 2.24) is 10.3 Å². The van der Waals surface area contributed by atoms with Crippen molar-refractivity contribution in [3.05, 3.63) is 23.9 Å². The number of hydrogen-bond donors (Lipinski definition) is 3. The summed E-state index contributed by atoms with van der Waals surface area (Å²) in [4.78, 5) is 15.3. The predicted octanol–water partition coefficient (Wildman–Crippen LogP) is 1.37. The third kappa shape index (κ3) is 3.44. The van der Waals surface area contributed by atoms with Crippen LogP contribution in [0.2, 0.25) is 0 Å². The van der Waals surface area contributed by atoms with Gasteiger partial charge in [-0.3, -0.25) is 4.79 Å². The van der Waals surface area contributed by atoms with Crippen LogP contribution in [0.4, 0.5) is 5.82 Å². The topological polar surface area (TPSA) is 80.0 Å². The maximum atomic E-state index is 11.1. The molecule has 0 radical (unpaired) electrons. The van der Waals surface area contributed by atoms with E-state index in [1.807, 2.05) is 0 Å². The summed E-state index contributed by atoms with van der Waals surface area (Å²) in [5.41, 5.74) is 6.01. The Hall–Kier alpha value is -1.62. The Balaban J connectivity index is 1.98. The van der Waals surface area contributed by atoms with Crippen molar-refractivity contribution < 1.29 is 4.79 Å². The molecule has 1 fully saturated rings. The molecule has 1 saturated heterocycles. The van der Waals surface area contributed by atoms with Gasteiger partial charge < -0.3 is 16.4 Å². The lowest BCUT2D eigenvalue weighted by molar-refractivity contribution is 0.1000. The van der Waals surface area contributed by atoms with E-state index < -0.39 is 5.91 Å². The van der Waals surface area contributed by atoms with Gasteiger partial charge in [0.2, 0.25) is 5.91 Å². The average Bonchev–Trinajstić information content (AvgIpc) is 2.37. The number of anilines is 1. The van der Waals surface area contributed by atoms with E-state index in [2.05, 4.69) is 29.5 Å². The first-order valence-corrected chi connectivity index (χ1v) is 6.72. The second-order valence-electron chi connectivity index (χ2n) is 5.77. The number of nitrogens with one attached hydrogen (secondary N) is 2. The molecule has 1 atom stereocenters. The molecule has 2 heterocycles. The Morgan fingerprint density at radius 3 is 3.11 bits per heavy atom. The number of carbonyl (C=O) groups is 1. The number of rotatable bonds is 4. The summed E-state index contributed by atoms with van der Waals surface area (Å²) in [5, 5.41) is 6.82. The molecule has 19 heavy (non-hydrogen) atoms. The zero-order chi connectivity index (χ0) is 13.9. The molecule has 4 N–H and O–H groups in total. The fourth-order valence-corrected chi connectivity index (χ4v) is 2.51. The monoisotopic (exact) mass is 262 g/mol. The molecule has 0 spiro atoms. The summed E-state index contributed by atoms with van der Waals surface area (Å²) in [6.07, 6.45) is 4.04. The van der Waals surface area contributed by atoms with Gasteiger partial charge in [-0.25, -0.2) is 4.98 Å². The number of hydrogen-bond acceptors (Lipinski definition) is 4. The standard InChI is InChI=1S/C14H22N4O/c1-14(2)5-3-6-16-11(14)9-18-12-8-10(13(15)19)4-7-17-12/h4,7-8,11,16H,3,5-6,9H2,1-2H3,(H2,15,19)(H,17,18). The molecule has 0 saturated carbocycles. The number of carbonyl (C=O) groups excluding carboxylic acids is 1. The fourth-order valence-electron chi connectivity index (χ4n) is 2.51. The van der Waals surface area contributed by atoms with E-state index >= 15 is 0 Å². The van der Waals surface area contributed by atoms with Gasteiger partial charge in [0, 0.05) is 24.3 Å². The summed E-state index contributed by atoms with van der Waals surface area (Å²) in [6.45, 7) is 6.41.